The van der Waals surface area contributed by atoms with Crippen molar-refractivity contribution in [3.63, 3.8) is 0 Å². The van der Waals surface area contributed by atoms with Crippen molar-refractivity contribution >= 4 is 29.2 Å². The molecule has 0 bridgehead atoms. The van der Waals surface area contributed by atoms with Crippen molar-refractivity contribution in [2.75, 3.05) is 19.8 Å². The van der Waals surface area contributed by atoms with E-state index in [2.05, 4.69) is 23.6 Å². The average Bonchev–Trinajstić information content (AvgIpc) is 3.65. The summed E-state index contributed by atoms with van der Waals surface area (Å²) in [5.74, 6) is -0.866. The van der Waals surface area contributed by atoms with E-state index in [1.54, 1.807) is 11.3 Å². The number of nitrogens with one attached hydrogen (secondary N) is 2. The maximum absolute atomic E-state index is 12.5. The molecule has 2 aliphatic carbocycles. The molecule has 0 aromatic carbocycles. The van der Waals surface area contributed by atoms with Crippen molar-refractivity contribution in [3.05, 3.63) is 33.5 Å². The third-order valence-electron chi connectivity index (χ3n) is 5.66. The van der Waals surface area contributed by atoms with Crippen molar-refractivity contribution in [2.45, 2.75) is 57.0 Å². The van der Waals surface area contributed by atoms with Gasteiger partial charge in [0.2, 0.25) is 0 Å². The van der Waals surface area contributed by atoms with E-state index in [9.17, 15) is 14.4 Å². The number of rotatable bonds is 8. The van der Waals surface area contributed by atoms with Gasteiger partial charge in [0, 0.05) is 48.2 Å². The van der Waals surface area contributed by atoms with Gasteiger partial charge in [0.25, 0.3) is 5.91 Å². The predicted octanol–water partition coefficient (Wildman–Crippen LogP) is 2.53. The van der Waals surface area contributed by atoms with Crippen LogP contribution in [0.2, 0.25) is 0 Å². The SMILES string of the molecule is Cc1sc(C(=O)NC2CCOCC2)cc1[C@@H]1C[C@H]1NCC1CC1.O=C(O)C=CC(=O)O. The molecule has 0 spiro atoms. The van der Waals surface area contributed by atoms with Crippen LogP contribution < -0.4 is 10.6 Å². The summed E-state index contributed by atoms with van der Waals surface area (Å²) in [7, 11) is 0. The summed E-state index contributed by atoms with van der Waals surface area (Å²) in [6, 6.07) is 3.05. The van der Waals surface area contributed by atoms with Gasteiger partial charge in [-0.2, -0.15) is 0 Å². The van der Waals surface area contributed by atoms with E-state index in [0.29, 0.717) is 24.1 Å². The Balaban J connectivity index is 0.000000293. The minimum atomic E-state index is -1.26. The number of carbonyl (C=O) groups excluding carboxylic acids is 1. The molecule has 1 amide bonds. The standard InChI is InChI=1S/C18H26N2O2S.C4H4O4/c1-11-14(15-8-16(15)19-10-12-2-3-12)9-17(23-11)18(21)20-13-4-6-22-7-5-13;5-3(6)1-2-4(7)8/h9,12-13,15-16,19H,2-8,10H2,1H3,(H,20,21);1-2H,(H,5,6)(H,7,8)/t15-,16+;/m0./s1. The second kappa shape index (κ2) is 10.9. The topological polar surface area (TPSA) is 125 Å². The van der Waals surface area contributed by atoms with Gasteiger partial charge in [-0.05, 0) is 63.1 Å². The molecule has 1 saturated heterocycles. The fourth-order valence-electron chi connectivity index (χ4n) is 3.62. The van der Waals surface area contributed by atoms with E-state index in [1.165, 1.54) is 36.2 Å². The minimum Gasteiger partial charge on any atom is -0.478 e. The number of thiophene rings is 1. The van der Waals surface area contributed by atoms with E-state index in [-0.39, 0.29) is 11.9 Å². The highest BCUT2D eigenvalue weighted by molar-refractivity contribution is 7.14. The van der Waals surface area contributed by atoms with Crippen molar-refractivity contribution in [1.29, 1.82) is 0 Å². The highest BCUT2D eigenvalue weighted by Crippen LogP contribution is 2.45. The van der Waals surface area contributed by atoms with Gasteiger partial charge in [0.15, 0.2) is 0 Å². The average molecular weight is 451 g/mol. The monoisotopic (exact) mass is 450 g/mol. The number of carbonyl (C=O) groups is 3. The van der Waals surface area contributed by atoms with Crippen LogP contribution in [0, 0.1) is 12.8 Å². The maximum atomic E-state index is 12.5. The summed E-state index contributed by atoms with van der Waals surface area (Å²) in [4.78, 5) is 33.8. The lowest BCUT2D eigenvalue weighted by molar-refractivity contribution is -0.134. The highest BCUT2D eigenvalue weighted by atomic mass is 32.1. The first-order valence-corrected chi connectivity index (χ1v) is 11.5. The summed E-state index contributed by atoms with van der Waals surface area (Å²) in [6.45, 7) is 4.86. The quantitative estimate of drug-likeness (QED) is 0.449. The second-order valence-corrected chi connectivity index (χ2v) is 9.55. The Morgan fingerprint density at radius 2 is 1.77 bits per heavy atom. The normalized spacial score (nSPS) is 23.1. The van der Waals surface area contributed by atoms with E-state index in [1.807, 2.05) is 0 Å². The largest absolute Gasteiger partial charge is 0.478 e. The van der Waals surface area contributed by atoms with Crippen LogP contribution in [0.3, 0.4) is 0 Å². The molecule has 1 aliphatic heterocycles. The Morgan fingerprint density at radius 1 is 1.13 bits per heavy atom. The summed E-state index contributed by atoms with van der Waals surface area (Å²) < 4.78 is 5.35. The van der Waals surface area contributed by atoms with Gasteiger partial charge in [-0.25, -0.2) is 9.59 Å². The molecular weight excluding hydrogens is 420 g/mol. The third kappa shape index (κ3) is 7.75. The van der Waals surface area contributed by atoms with Crippen LogP contribution in [0.5, 0.6) is 0 Å². The minimum absolute atomic E-state index is 0.0967. The lowest BCUT2D eigenvalue weighted by atomic mass is 10.1. The van der Waals surface area contributed by atoms with Crippen molar-refractivity contribution in [3.8, 4) is 0 Å². The Kier molecular flexibility index (Phi) is 8.22. The fraction of sp³-hybridized carbons (Fsp3) is 0.591. The lowest BCUT2D eigenvalue weighted by Gasteiger charge is -2.22. The molecule has 170 valence electrons. The molecular formula is C22H30N2O6S. The molecule has 1 aromatic rings. The van der Waals surface area contributed by atoms with Gasteiger partial charge in [-0.15, -0.1) is 11.3 Å². The summed E-state index contributed by atoms with van der Waals surface area (Å²) in [5, 5.41) is 22.5. The number of aryl methyl sites for hydroxylation is 1. The number of aliphatic carboxylic acids is 2. The molecule has 0 radical (unpaired) electrons. The summed E-state index contributed by atoms with van der Waals surface area (Å²) in [5.41, 5.74) is 1.39. The first-order valence-electron chi connectivity index (χ1n) is 10.7. The molecule has 4 rings (SSSR count). The Bertz CT molecular complexity index is 810. The number of amides is 1. The van der Waals surface area contributed by atoms with Gasteiger partial charge >= 0.3 is 11.9 Å². The number of carboxylic acids is 2. The van der Waals surface area contributed by atoms with Crippen LogP contribution in [0.1, 0.15) is 58.1 Å². The third-order valence-corrected chi connectivity index (χ3v) is 6.73. The van der Waals surface area contributed by atoms with Gasteiger partial charge in [-0.3, -0.25) is 4.79 Å². The van der Waals surface area contributed by atoms with E-state index >= 15 is 0 Å². The van der Waals surface area contributed by atoms with Crippen LogP contribution >= 0.6 is 11.3 Å². The Hall–Kier alpha value is -2.23. The molecule has 4 N–H and O–H groups in total. The number of hydrogen-bond donors (Lipinski definition) is 4. The molecule has 2 heterocycles. The van der Waals surface area contributed by atoms with Crippen LogP contribution in [0.15, 0.2) is 18.2 Å². The van der Waals surface area contributed by atoms with Gasteiger partial charge in [-0.1, -0.05) is 0 Å². The van der Waals surface area contributed by atoms with Gasteiger partial charge < -0.3 is 25.6 Å². The smallest absolute Gasteiger partial charge is 0.328 e. The molecule has 1 aromatic heterocycles. The zero-order valence-corrected chi connectivity index (χ0v) is 18.5. The number of carboxylic acid groups (broad SMARTS) is 2. The molecule has 31 heavy (non-hydrogen) atoms. The van der Waals surface area contributed by atoms with E-state index in [4.69, 9.17) is 14.9 Å². The fourth-order valence-corrected chi connectivity index (χ4v) is 4.62. The summed E-state index contributed by atoms with van der Waals surface area (Å²) in [6.07, 6.45) is 7.00. The van der Waals surface area contributed by atoms with Crippen LogP contribution in [0.25, 0.3) is 0 Å². The zero-order chi connectivity index (χ0) is 22.4. The molecule has 3 aliphatic rings. The van der Waals surface area contributed by atoms with Crippen LogP contribution in [-0.4, -0.2) is 59.9 Å². The first-order chi connectivity index (χ1) is 14.8. The molecule has 2 saturated carbocycles. The van der Waals surface area contributed by atoms with E-state index < -0.39 is 11.9 Å². The summed E-state index contributed by atoms with van der Waals surface area (Å²) >= 11 is 1.65. The molecule has 8 nitrogen and oxygen atoms in total. The Labute approximate surface area is 185 Å². The Morgan fingerprint density at radius 3 is 2.35 bits per heavy atom. The van der Waals surface area contributed by atoms with Crippen LogP contribution in [0.4, 0.5) is 0 Å². The van der Waals surface area contributed by atoms with Crippen molar-refractivity contribution < 1.29 is 29.3 Å². The predicted molar refractivity (Wildman–Crippen MR) is 117 cm³/mol. The van der Waals surface area contributed by atoms with Gasteiger partial charge in [0.05, 0.1) is 4.88 Å². The molecule has 2 atom stereocenters. The van der Waals surface area contributed by atoms with E-state index in [0.717, 1.165) is 36.9 Å². The van der Waals surface area contributed by atoms with Gasteiger partial charge in [0.1, 0.15) is 0 Å². The molecule has 0 unspecified atom stereocenters. The molecule has 9 heteroatoms. The second-order valence-electron chi connectivity index (χ2n) is 8.29. The highest BCUT2D eigenvalue weighted by Gasteiger charge is 2.40. The van der Waals surface area contributed by atoms with Crippen LogP contribution in [-0.2, 0) is 14.3 Å². The maximum Gasteiger partial charge on any atom is 0.328 e. The number of ether oxygens (including phenoxy) is 1. The van der Waals surface area contributed by atoms with Crippen molar-refractivity contribution in [2.24, 2.45) is 5.92 Å². The van der Waals surface area contributed by atoms with Crippen molar-refractivity contribution in [1.82, 2.24) is 10.6 Å². The zero-order valence-electron chi connectivity index (χ0n) is 17.6. The number of hydrogen-bond acceptors (Lipinski definition) is 6. The molecule has 3 fully saturated rings. The lowest BCUT2D eigenvalue weighted by Crippen LogP contribution is -2.38. The first kappa shape index (κ1) is 23.4.